The number of hydrogen-bond acceptors (Lipinski definition) is 3. The summed E-state index contributed by atoms with van der Waals surface area (Å²) >= 11 is 5.89. The molecule has 0 radical (unpaired) electrons. The summed E-state index contributed by atoms with van der Waals surface area (Å²) < 4.78 is 2.04. The van der Waals surface area contributed by atoms with Crippen LogP contribution in [0.15, 0.2) is 12.1 Å². The van der Waals surface area contributed by atoms with Gasteiger partial charge in [0.1, 0.15) is 5.15 Å². The largest absolute Gasteiger partial charge is 0.377 e. The number of hydrogen-bond donors (Lipinski definition) is 1. The summed E-state index contributed by atoms with van der Waals surface area (Å²) in [5.41, 5.74) is 5.45. The second-order valence-corrected chi connectivity index (χ2v) is 5.42. The van der Waals surface area contributed by atoms with E-state index in [4.69, 9.17) is 11.6 Å². The molecule has 1 N–H and O–H groups in total. The van der Waals surface area contributed by atoms with E-state index in [1.165, 1.54) is 11.3 Å². The van der Waals surface area contributed by atoms with Crippen molar-refractivity contribution in [1.29, 1.82) is 0 Å². The average molecular weight is 293 g/mol. The van der Waals surface area contributed by atoms with Gasteiger partial charge in [-0.1, -0.05) is 11.6 Å². The molecule has 2 heterocycles. The van der Waals surface area contributed by atoms with Gasteiger partial charge in [0.25, 0.3) is 0 Å². The molecule has 2 rings (SSSR count). The molecule has 0 amide bonds. The molecule has 0 spiro atoms. The van der Waals surface area contributed by atoms with Crippen LogP contribution in [0.5, 0.6) is 0 Å². The Morgan fingerprint density at radius 3 is 2.50 bits per heavy atom. The number of pyridine rings is 1. The Kier molecular flexibility index (Phi) is 4.33. The Balaban J connectivity index is 2.28. The summed E-state index contributed by atoms with van der Waals surface area (Å²) in [4.78, 5) is 4.27. The number of anilines is 1. The summed E-state index contributed by atoms with van der Waals surface area (Å²) in [7, 11) is 0. The van der Waals surface area contributed by atoms with E-state index in [1.54, 1.807) is 6.07 Å². The lowest BCUT2D eigenvalue weighted by Crippen LogP contribution is -2.10. The molecule has 0 fully saturated rings. The number of nitrogens with one attached hydrogen (secondary N) is 1. The van der Waals surface area contributed by atoms with Crippen molar-refractivity contribution in [3.63, 3.8) is 0 Å². The maximum absolute atomic E-state index is 5.89. The van der Waals surface area contributed by atoms with Gasteiger partial charge >= 0.3 is 0 Å². The van der Waals surface area contributed by atoms with E-state index in [-0.39, 0.29) is 6.04 Å². The molecule has 1 unspecified atom stereocenters. The molecule has 0 aliphatic rings. The van der Waals surface area contributed by atoms with Gasteiger partial charge in [0.15, 0.2) is 0 Å². The third kappa shape index (κ3) is 2.80. The zero-order valence-corrected chi connectivity index (χ0v) is 13.4. The molecule has 0 aromatic carbocycles. The summed E-state index contributed by atoms with van der Waals surface area (Å²) in [5.74, 6) is 0. The summed E-state index contributed by atoms with van der Waals surface area (Å²) in [6, 6.07) is 3.95. The normalized spacial score (nSPS) is 12.5. The van der Waals surface area contributed by atoms with E-state index in [0.29, 0.717) is 5.15 Å². The Labute approximate surface area is 125 Å². The number of rotatable bonds is 4. The maximum atomic E-state index is 5.89. The molecule has 5 heteroatoms. The third-order valence-electron chi connectivity index (χ3n) is 3.59. The summed E-state index contributed by atoms with van der Waals surface area (Å²) in [6.07, 6.45) is 0. The monoisotopic (exact) mass is 292 g/mol. The van der Waals surface area contributed by atoms with Gasteiger partial charge in [-0.05, 0) is 46.8 Å². The van der Waals surface area contributed by atoms with Crippen LogP contribution in [-0.2, 0) is 6.54 Å². The SMILES string of the molecule is CCn1nc(C)c(C(C)Nc2ccc(Cl)nc2C)c1C. The van der Waals surface area contributed by atoms with Gasteiger partial charge < -0.3 is 5.32 Å². The van der Waals surface area contributed by atoms with Gasteiger partial charge in [0.2, 0.25) is 0 Å². The Morgan fingerprint density at radius 2 is 1.95 bits per heavy atom. The summed E-state index contributed by atoms with van der Waals surface area (Å²) in [6.45, 7) is 11.3. The minimum Gasteiger partial charge on any atom is -0.377 e. The molecule has 2 aromatic heterocycles. The van der Waals surface area contributed by atoms with Gasteiger partial charge in [0, 0.05) is 17.8 Å². The third-order valence-corrected chi connectivity index (χ3v) is 3.80. The molecule has 20 heavy (non-hydrogen) atoms. The zero-order valence-electron chi connectivity index (χ0n) is 12.7. The van der Waals surface area contributed by atoms with Gasteiger partial charge in [-0.2, -0.15) is 5.10 Å². The Morgan fingerprint density at radius 1 is 1.25 bits per heavy atom. The van der Waals surface area contributed by atoms with Crippen LogP contribution in [0.25, 0.3) is 0 Å². The van der Waals surface area contributed by atoms with Crippen molar-refractivity contribution in [2.24, 2.45) is 0 Å². The zero-order chi connectivity index (χ0) is 14.9. The van der Waals surface area contributed by atoms with Gasteiger partial charge in [0.05, 0.1) is 23.1 Å². The topological polar surface area (TPSA) is 42.7 Å². The van der Waals surface area contributed by atoms with Gasteiger partial charge in [-0.15, -0.1) is 0 Å². The molecule has 0 aliphatic carbocycles. The summed E-state index contributed by atoms with van der Waals surface area (Å²) in [5, 5.41) is 8.59. The van der Waals surface area contributed by atoms with Crippen LogP contribution >= 0.6 is 11.6 Å². The molecular weight excluding hydrogens is 272 g/mol. The molecule has 4 nitrogen and oxygen atoms in total. The van der Waals surface area contributed by atoms with Crippen LogP contribution in [0, 0.1) is 20.8 Å². The van der Waals surface area contributed by atoms with Gasteiger partial charge in [-0.25, -0.2) is 4.98 Å². The van der Waals surface area contributed by atoms with Crippen molar-refractivity contribution < 1.29 is 0 Å². The van der Waals surface area contributed by atoms with E-state index >= 15 is 0 Å². The van der Waals surface area contributed by atoms with Crippen LogP contribution in [0.4, 0.5) is 5.69 Å². The standard InChI is InChI=1S/C15H21ClN4/c1-6-20-12(5)15(11(4)19-20)10(3)17-13-7-8-14(16)18-9(13)2/h7-8,10,17H,6H2,1-5H3. The highest BCUT2D eigenvalue weighted by Crippen LogP contribution is 2.26. The van der Waals surface area contributed by atoms with E-state index in [0.717, 1.165) is 23.6 Å². The predicted octanol–water partition coefficient (Wildman–Crippen LogP) is 4.05. The second-order valence-electron chi connectivity index (χ2n) is 5.03. The van der Waals surface area contributed by atoms with Gasteiger partial charge in [-0.3, -0.25) is 4.68 Å². The number of nitrogens with zero attached hydrogens (tertiary/aromatic N) is 3. The first-order valence-corrected chi connectivity index (χ1v) is 7.25. The fraction of sp³-hybridized carbons (Fsp3) is 0.467. The lowest BCUT2D eigenvalue weighted by atomic mass is 10.1. The molecule has 0 bridgehead atoms. The highest BCUT2D eigenvalue weighted by Gasteiger charge is 2.17. The quantitative estimate of drug-likeness (QED) is 0.865. The molecule has 0 saturated carbocycles. The fourth-order valence-electron chi connectivity index (χ4n) is 2.63. The van der Waals surface area contributed by atoms with E-state index in [2.05, 4.69) is 43.1 Å². The Hall–Kier alpha value is -1.55. The van der Waals surface area contributed by atoms with E-state index in [1.807, 2.05) is 17.7 Å². The highest BCUT2D eigenvalue weighted by molar-refractivity contribution is 6.29. The van der Waals surface area contributed by atoms with Crippen LogP contribution in [0.1, 0.15) is 42.5 Å². The number of halogens is 1. The van der Waals surface area contributed by atoms with Crippen molar-refractivity contribution in [3.05, 3.63) is 39.9 Å². The number of aryl methyl sites for hydroxylation is 3. The van der Waals surface area contributed by atoms with Crippen molar-refractivity contribution in [2.45, 2.75) is 47.2 Å². The minimum atomic E-state index is 0.178. The molecule has 0 aliphatic heterocycles. The van der Waals surface area contributed by atoms with Crippen molar-refractivity contribution >= 4 is 17.3 Å². The first kappa shape index (κ1) is 14.9. The lowest BCUT2D eigenvalue weighted by molar-refractivity contribution is 0.632. The molecule has 108 valence electrons. The molecule has 1 atom stereocenters. The minimum absolute atomic E-state index is 0.178. The van der Waals surface area contributed by atoms with Crippen LogP contribution in [-0.4, -0.2) is 14.8 Å². The highest BCUT2D eigenvalue weighted by atomic mass is 35.5. The van der Waals surface area contributed by atoms with Crippen molar-refractivity contribution in [1.82, 2.24) is 14.8 Å². The molecule has 0 saturated heterocycles. The van der Waals surface area contributed by atoms with Crippen molar-refractivity contribution in [2.75, 3.05) is 5.32 Å². The Bertz CT molecular complexity index is 619. The van der Waals surface area contributed by atoms with E-state index < -0.39 is 0 Å². The first-order valence-electron chi connectivity index (χ1n) is 6.87. The smallest absolute Gasteiger partial charge is 0.129 e. The van der Waals surface area contributed by atoms with Crippen LogP contribution < -0.4 is 5.32 Å². The second kappa shape index (κ2) is 5.83. The molecule has 2 aromatic rings. The lowest BCUT2D eigenvalue weighted by Gasteiger charge is -2.17. The number of aromatic nitrogens is 3. The first-order chi connectivity index (χ1) is 9.43. The maximum Gasteiger partial charge on any atom is 0.129 e. The fourth-order valence-corrected chi connectivity index (χ4v) is 2.82. The van der Waals surface area contributed by atoms with Crippen LogP contribution in [0.2, 0.25) is 5.15 Å². The molecular formula is C15H21ClN4. The van der Waals surface area contributed by atoms with Crippen LogP contribution in [0.3, 0.4) is 0 Å². The van der Waals surface area contributed by atoms with Crippen molar-refractivity contribution in [3.8, 4) is 0 Å². The predicted molar refractivity (Wildman–Crippen MR) is 83.4 cm³/mol. The average Bonchev–Trinajstić information content (AvgIpc) is 2.67. The van der Waals surface area contributed by atoms with E-state index in [9.17, 15) is 0 Å².